The van der Waals surface area contributed by atoms with Crippen molar-refractivity contribution < 1.29 is 24.5 Å². The first-order chi connectivity index (χ1) is 12.5. The summed E-state index contributed by atoms with van der Waals surface area (Å²) in [6, 6.07) is 13.3. The zero-order chi connectivity index (χ0) is 18.7. The Balaban J connectivity index is 1.81. The lowest BCUT2D eigenvalue weighted by molar-refractivity contribution is -0.161. The average Bonchev–Trinajstić information content (AvgIpc) is 2.66. The number of carbonyl (C=O) groups is 1. The van der Waals surface area contributed by atoms with Gasteiger partial charge in [0.15, 0.2) is 5.78 Å². The lowest BCUT2D eigenvalue weighted by Crippen LogP contribution is -2.43. The van der Waals surface area contributed by atoms with Crippen LogP contribution >= 0.6 is 11.6 Å². The van der Waals surface area contributed by atoms with E-state index < -0.39 is 30.7 Å². The highest BCUT2D eigenvalue weighted by Gasteiger charge is 2.36. The molecule has 0 amide bonds. The standard InChI is InChI=1S/C20H21ClO5/c1-25-15-5-2-12(3-6-15)8-14-9-13(4-7-16(14)21)18-10-17(23)20(24)19(11-22)26-18/h2-7,9,17-19,22-23H,8,10-11H2,1H3. The van der Waals surface area contributed by atoms with E-state index in [-0.39, 0.29) is 6.42 Å². The molecule has 0 radical (unpaired) electrons. The fraction of sp³-hybridized carbons (Fsp3) is 0.350. The third-order valence-electron chi connectivity index (χ3n) is 4.57. The number of halogens is 1. The Morgan fingerprint density at radius 1 is 1.23 bits per heavy atom. The van der Waals surface area contributed by atoms with Crippen molar-refractivity contribution in [3.63, 3.8) is 0 Å². The van der Waals surface area contributed by atoms with E-state index in [1.165, 1.54) is 0 Å². The van der Waals surface area contributed by atoms with Crippen LogP contribution in [0.3, 0.4) is 0 Å². The van der Waals surface area contributed by atoms with Crippen molar-refractivity contribution in [2.45, 2.75) is 31.2 Å². The number of carbonyl (C=O) groups excluding carboxylic acids is 1. The van der Waals surface area contributed by atoms with Gasteiger partial charge in [0.25, 0.3) is 0 Å². The van der Waals surface area contributed by atoms with Gasteiger partial charge in [-0.3, -0.25) is 4.79 Å². The summed E-state index contributed by atoms with van der Waals surface area (Å²) in [6.07, 6.45) is -1.80. The molecule has 0 saturated carbocycles. The minimum atomic E-state index is -1.13. The second-order valence-corrected chi connectivity index (χ2v) is 6.73. The molecule has 2 N–H and O–H groups in total. The number of rotatable bonds is 5. The molecule has 1 heterocycles. The van der Waals surface area contributed by atoms with Crippen LogP contribution in [0.4, 0.5) is 0 Å². The van der Waals surface area contributed by atoms with Crippen molar-refractivity contribution in [2.24, 2.45) is 0 Å². The van der Waals surface area contributed by atoms with Crippen molar-refractivity contribution in [3.8, 4) is 5.75 Å². The molecule has 5 nitrogen and oxygen atoms in total. The van der Waals surface area contributed by atoms with Crippen molar-refractivity contribution >= 4 is 17.4 Å². The first kappa shape index (κ1) is 18.9. The zero-order valence-corrected chi connectivity index (χ0v) is 15.1. The van der Waals surface area contributed by atoms with Gasteiger partial charge in [0.05, 0.1) is 19.8 Å². The van der Waals surface area contributed by atoms with Crippen LogP contribution in [0.5, 0.6) is 5.75 Å². The maximum absolute atomic E-state index is 11.8. The van der Waals surface area contributed by atoms with Gasteiger partial charge in [0, 0.05) is 11.4 Å². The van der Waals surface area contributed by atoms with E-state index in [0.717, 1.165) is 22.4 Å². The summed E-state index contributed by atoms with van der Waals surface area (Å²) >= 11 is 6.34. The molecule has 0 aliphatic carbocycles. The van der Waals surface area contributed by atoms with Crippen LogP contribution < -0.4 is 4.74 Å². The number of benzene rings is 2. The summed E-state index contributed by atoms with van der Waals surface area (Å²) in [5, 5.41) is 19.9. The van der Waals surface area contributed by atoms with Gasteiger partial charge in [0.2, 0.25) is 0 Å². The molecule has 3 atom stereocenters. The maximum Gasteiger partial charge on any atom is 0.192 e. The zero-order valence-electron chi connectivity index (χ0n) is 14.4. The number of aliphatic hydroxyl groups excluding tert-OH is 2. The summed E-state index contributed by atoms with van der Waals surface area (Å²) in [7, 11) is 1.62. The van der Waals surface area contributed by atoms with Gasteiger partial charge >= 0.3 is 0 Å². The minimum absolute atomic E-state index is 0.166. The fourth-order valence-corrected chi connectivity index (χ4v) is 3.28. The molecular weight excluding hydrogens is 356 g/mol. The molecule has 0 spiro atoms. The van der Waals surface area contributed by atoms with E-state index in [9.17, 15) is 15.0 Å². The van der Waals surface area contributed by atoms with Crippen LogP contribution in [0.1, 0.15) is 29.2 Å². The third kappa shape index (κ3) is 4.07. The van der Waals surface area contributed by atoms with Crippen LogP contribution in [-0.4, -0.2) is 41.9 Å². The Kier molecular flexibility index (Phi) is 5.94. The number of hydrogen-bond donors (Lipinski definition) is 2. The first-order valence-corrected chi connectivity index (χ1v) is 8.79. The fourth-order valence-electron chi connectivity index (χ4n) is 3.10. The Morgan fingerprint density at radius 3 is 2.62 bits per heavy atom. The van der Waals surface area contributed by atoms with Crippen LogP contribution in [0.2, 0.25) is 5.02 Å². The molecule has 2 aromatic carbocycles. The smallest absolute Gasteiger partial charge is 0.192 e. The Bertz CT molecular complexity index is 774. The number of Topliss-reactive ketones (excluding diaryl/α,β-unsaturated/α-hetero) is 1. The van der Waals surface area contributed by atoms with Gasteiger partial charge in [-0.2, -0.15) is 0 Å². The Hall–Kier alpha value is -1.92. The van der Waals surface area contributed by atoms with Gasteiger partial charge in [-0.15, -0.1) is 0 Å². The summed E-state index contributed by atoms with van der Waals surface area (Å²) in [4.78, 5) is 11.8. The lowest BCUT2D eigenvalue weighted by atomic mass is 9.93. The molecule has 1 aliphatic heterocycles. The predicted molar refractivity (Wildman–Crippen MR) is 97.6 cm³/mol. The quantitative estimate of drug-likeness (QED) is 0.839. The molecule has 1 aliphatic rings. The molecule has 3 rings (SSSR count). The molecular formula is C20H21ClO5. The van der Waals surface area contributed by atoms with E-state index in [4.69, 9.17) is 21.1 Å². The Morgan fingerprint density at radius 2 is 1.96 bits per heavy atom. The molecule has 138 valence electrons. The number of hydrogen-bond acceptors (Lipinski definition) is 5. The van der Waals surface area contributed by atoms with Crippen molar-refractivity contribution in [3.05, 3.63) is 64.2 Å². The molecule has 1 saturated heterocycles. The maximum atomic E-state index is 11.8. The highest BCUT2D eigenvalue weighted by molar-refractivity contribution is 6.31. The van der Waals surface area contributed by atoms with E-state index in [1.54, 1.807) is 13.2 Å². The van der Waals surface area contributed by atoms with Crippen molar-refractivity contribution in [1.82, 2.24) is 0 Å². The van der Waals surface area contributed by atoms with Crippen LogP contribution in [0, 0.1) is 0 Å². The molecule has 2 aromatic rings. The summed E-state index contributed by atoms with van der Waals surface area (Å²) < 4.78 is 10.8. The normalized spacial score (nSPS) is 23.1. The summed E-state index contributed by atoms with van der Waals surface area (Å²) in [6.45, 7) is -0.446. The second-order valence-electron chi connectivity index (χ2n) is 6.33. The lowest BCUT2D eigenvalue weighted by Gasteiger charge is -2.31. The average molecular weight is 377 g/mol. The van der Waals surface area contributed by atoms with Crippen molar-refractivity contribution in [1.29, 1.82) is 0 Å². The van der Waals surface area contributed by atoms with Crippen molar-refractivity contribution in [2.75, 3.05) is 13.7 Å². The van der Waals surface area contributed by atoms with Crippen LogP contribution in [0.15, 0.2) is 42.5 Å². The molecule has 6 heteroatoms. The number of ether oxygens (including phenoxy) is 2. The molecule has 3 unspecified atom stereocenters. The van der Waals surface area contributed by atoms with Gasteiger partial charge in [-0.05, 0) is 41.3 Å². The monoisotopic (exact) mass is 376 g/mol. The predicted octanol–water partition coefficient (Wildman–Crippen LogP) is 2.69. The number of methoxy groups -OCH3 is 1. The Labute approximate surface area is 157 Å². The van der Waals surface area contributed by atoms with E-state index in [0.29, 0.717) is 11.4 Å². The molecule has 0 bridgehead atoms. The van der Waals surface area contributed by atoms with Crippen LogP contribution in [-0.2, 0) is 16.0 Å². The topological polar surface area (TPSA) is 76.0 Å². The summed E-state index contributed by atoms with van der Waals surface area (Å²) in [5.74, 6) is 0.314. The van der Waals surface area contributed by atoms with Gasteiger partial charge in [0.1, 0.15) is 18.0 Å². The van der Waals surface area contributed by atoms with E-state index in [1.807, 2.05) is 36.4 Å². The third-order valence-corrected chi connectivity index (χ3v) is 4.94. The second kappa shape index (κ2) is 8.18. The molecule has 0 aromatic heterocycles. The largest absolute Gasteiger partial charge is 0.497 e. The highest BCUT2D eigenvalue weighted by Crippen LogP contribution is 2.32. The van der Waals surface area contributed by atoms with E-state index >= 15 is 0 Å². The van der Waals surface area contributed by atoms with Gasteiger partial charge < -0.3 is 19.7 Å². The van der Waals surface area contributed by atoms with Crippen LogP contribution in [0.25, 0.3) is 0 Å². The molecule has 26 heavy (non-hydrogen) atoms. The van der Waals surface area contributed by atoms with Gasteiger partial charge in [-0.25, -0.2) is 0 Å². The first-order valence-electron chi connectivity index (χ1n) is 8.41. The van der Waals surface area contributed by atoms with E-state index in [2.05, 4.69) is 0 Å². The number of aliphatic hydroxyl groups is 2. The SMILES string of the molecule is COc1ccc(Cc2cc(C3CC(O)C(=O)C(CO)O3)ccc2Cl)cc1. The molecule has 1 fully saturated rings. The highest BCUT2D eigenvalue weighted by atomic mass is 35.5. The van der Waals surface area contributed by atoms with Gasteiger partial charge in [-0.1, -0.05) is 35.9 Å². The minimum Gasteiger partial charge on any atom is -0.497 e. The summed E-state index contributed by atoms with van der Waals surface area (Å²) in [5.41, 5.74) is 2.82. The number of ketones is 1.